The predicted octanol–water partition coefficient (Wildman–Crippen LogP) is 1.86. The highest BCUT2D eigenvalue weighted by atomic mass is 19.3. The number of hydrogen-bond donors (Lipinski definition) is 1. The van der Waals surface area contributed by atoms with E-state index in [1.165, 1.54) is 6.33 Å². The van der Waals surface area contributed by atoms with Crippen LogP contribution in [0.3, 0.4) is 0 Å². The molecule has 0 aromatic carbocycles. The van der Waals surface area contributed by atoms with Crippen molar-refractivity contribution >= 4 is 0 Å². The number of rotatable bonds is 8. The van der Waals surface area contributed by atoms with Crippen LogP contribution in [0, 0.1) is 0 Å². The lowest BCUT2D eigenvalue weighted by Gasteiger charge is -2.17. The molecule has 0 bridgehead atoms. The number of halogens is 2. The molecule has 1 aromatic rings. The van der Waals surface area contributed by atoms with Gasteiger partial charge in [-0.2, -0.15) is 5.10 Å². The first-order valence-corrected chi connectivity index (χ1v) is 6.07. The summed E-state index contributed by atoms with van der Waals surface area (Å²) in [6.45, 7) is 5.29. The van der Waals surface area contributed by atoms with Gasteiger partial charge < -0.3 is 5.32 Å². The van der Waals surface area contributed by atoms with Crippen molar-refractivity contribution in [3.63, 3.8) is 0 Å². The third-order valence-electron chi connectivity index (χ3n) is 2.49. The van der Waals surface area contributed by atoms with Gasteiger partial charge in [0.2, 0.25) is 0 Å². The summed E-state index contributed by atoms with van der Waals surface area (Å²) in [5.74, 6) is 0.626. The zero-order chi connectivity index (χ0) is 12.7. The highest BCUT2D eigenvalue weighted by Gasteiger charge is 2.22. The van der Waals surface area contributed by atoms with Crippen molar-refractivity contribution in [2.45, 2.75) is 52.1 Å². The summed E-state index contributed by atoms with van der Waals surface area (Å²) < 4.78 is 27.3. The molecule has 17 heavy (non-hydrogen) atoms. The zero-order valence-electron chi connectivity index (χ0n) is 10.4. The van der Waals surface area contributed by atoms with Gasteiger partial charge in [-0.3, -0.25) is 4.68 Å². The van der Waals surface area contributed by atoms with E-state index in [2.05, 4.69) is 15.4 Å². The molecule has 0 aliphatic heterocycles. The van der Waals surface area contributed by atoms with Crippen molar-refractivity contribution < 1.29 is 8.78 Å². The van der Waals surface area contributed by atoms with Gasteiger partial charge in [0, 0.05) is 13.0 Å². The van der Waals surface area contributed by atoms with E-state index in [9.17, 15) is 8.78 Å². The standard InChI is InChI=1S/C11H20F2N4/c1-3-5-14-9(11(12)13)7-10-15-8-16-17(10)6-4-2/h8-9,11,14H,3-7H2,1-2H3. The molecule has 0 saturated heterocycles. The Kier molecular flexibility index (Phi) is 6.04. The molecule has 0 radical (unpaired) electrons. The molecule has 0 saturated carbocycles. The Bertz CT molecular complexity index is 314. The summed E-state index contributed by atoms with van der Waals surface area (Å²) >= 11 is 0. The minimum absolute atomic E-state index is 0.220. The molecule has 0 amide bonds. The van der Waals surface area contributed by atoms with E-state index >= 15 is 0 Å². The van der Waals surface area contributed by atoms with Crippen LogP contribution in [0.15, 0.2) is 6.33 Å². The third kappa shape index (κ3) is 4.38. The molecule has 6 heteroatoms. The van der Waals surface area contributed by atoms with Crippen molar-refractivity contribution in [3.05, 3.63) is 12.2 Å². The molecule has 0 aliphatic rings. The highest BCUT2D eigenvalue weighted by Crippen LogP contribution is 2.08. The number of aromatic nitrogens is 3. The summed E-state index contributed by atoms with van der Waals surface area (Å²) in [4.78, 5) is 4.04. The van der Waals surface area contributed by atoms with Crippen LogP contribution in [-0.4, -0.2) is 33.8 Å². The molecule has 1 N–H and O–H groups in total. The zero-order valence-corrected chi connectivity index (χ0v) is 10.4. The summed E-state index contributed by atoms with van der Waals surface area (Å²) in [6.07, 6.45) is 1.02. The Labute approximate surface area is 100 Å². The molecule has 98 valence electrons. The van der Waals surface area contributed by atoms with E-state index < -0.39 is 12.5 Å². The van der Waals surface area contributed by atoms with Gasteiger partial charge in [0.15, 0.2) is 0 Å². The van der Waals surface area contributed by atoms with Crippen LogP contribution in [0.2, 0.25) is 0 Å². The predicted molar refractivity (Wildman–Crippen MR) is 62.1 cm³/mol. The van der Waals surface area contributed by atoms with Crippen LogP contribution in [0.25, 0.3) is 0 Å². The monoisotopic (exact) mass is 246 g/mol. The molecule has 1 aromatic heterocycles. The molecule has 0 fully saturated rings. The number of alkyl halides is 2. The van der Waals surface area contributed by atoms with Gasteiger partial charge in [-0.1, -0.05) is 13.8 Å². The van der Waals surface area contributed by atoms with E-state index in [0.29, 0.717) is 12.4 Å². The molecular weight excluding hydrogens is 226 g/mol. The van der Waals surface area contributed by atoms with Gasteiger partial charge in [-0.15, -0.1) is 0 Å². The average molecular weight is 246 g/mol. The molecular formula is C11H20F2N4. The van der Waals surface area contributed by atoms with E-state index in [4.69, 9.17) is 0 Å². The number of nitrogens with one attached hydrogen (secondary N) is 1. The van der Waals surface area contributed by atoms with Crippen LogP contribution >= 0.6 is 0 Å². The number of hydrogen-bond acceptors (Lipinski definition) is 3. The van der Waals surface area contributed by atoms with Gasteiger partial charge >= 0.3 is 0 Å². The van der Waals surface area contributed by atoms with E-state index in [1.807, 2.05) is 13.8 Å². The van der Waals surface area contributed by atoms with Crippen molar-refractivity contribution in [1.29, 1.82) is 0 Å². The van der Waals surface area contributed by atoms with Gasteiger partial charge in [0.05, 0.1) is 6.04 Å². The Balaban J connectivity index is 2.61. The van der Waals surface area contributed by atoms with Crippen LogP contribution < -0.4 is 5.32 Å². The summed E-state index contributed by atoms with van der Waals surface area (Å²) in [5.41, 5.74) is 0. The lowest BCUT2D eigenvalue weighted by Crippen LogP contribution is -2.38. The Morgan fingerprint density at radius 2 is 2.12 bits per heavy atom. The topological polar surface area (TPSA) is 42.7 Å². The van der Waals surface area contributed by atoms with Crippen LogP contribution in [0.1, 0.15) is 32.5 Å². The average Bonchev–Trinajstić information content (AvgIpc) is 2.72. The van der Waals surface area contributed by atoms with Crippen LogP contribution in [0.4, 0.5) is 8.78 Å². The fraction of sp³-hybridized carbons (Fsp3) is 0.818. The highest BCUT2D eigenvalue weighted by molar-refractivity contribution is 4.90. The third-order valence-corrected chi connectivity index (χ3v) is 2.49. The van der Waals surface area contributed by atoms with Gasteiger partial charge in [-0.25, -0.2) is 13.8 Å². The Morgan fingerprint density at radius 1 is 1.35 bits per heavy atom. The lowest BCUT2D eigenvalue weighted by molar-refractivity contribution is 0.0968. The van der Waals surface area contributed by atoms with Gasteiger partial charge in [0.1, 0.15) is 12.2 Å². The molecule has 0 spiro atoms. The quantitative estimate of drug-likeness (QED) is 0.761. The molecule has 1 unspecified atom stereocenters. The Hall–Kier alpha value is -1.04. The molecule has 0 aliphatic carbocycles. The molecule has 1 heterocycles. The molecule has 4 nitrogen and oxygen atoms in total. The second kappa shape index (κ2) is 7.32. The maximum Gasteiger partial charge on any atom is 0.254 e. The summed E-state index contributed by atoms with van der Waals surface area (Å²) in [6, 6.07) is -0.838. The number of aryl methyl sites for hydroxylation is 1. The van der Waals surface area contributed by atoms with Gasteiger partial charge in [0.25, 0.3) is 6.43 Å². The first kappa shape index (κ1) is 14.0. The normalized spacial score (nSPS) is 13.2. The largest absolute Gasteiger partial charge is 0.309 e. The van der Waals surface area contributed by atoms with E-state index in [1.54, 1.807) is 4.68 Å². The van der Waals surface area contributed by atoms with E-state index in [0.717, 1.165) is 19.4 Å². The maximum atomic E-state index is 12.8. The fourth-order valence-electron chi connectivity index (χ4n) is 1.62. The van der Waals surface area contributed by atoms with Crippen molar-refractivity contribution in [2.75, 3.05) is 6.54 Å². The van der Waals surface area contributed by atoms with E-state index in [-0.39, 0.29) is 6.42 Å². The second-order valence-corrected chi connectivity index (χ2v) is 4.00. The van der Waals surface area contributed by atoms with Crippen LogP contribution in [-0.2, 0) is 13.0 Å². The summed E-state index contributed by atoms with van der Waals surface area (Å²) in [5, 5.41) is 6.88. The maximum absolute atomic E-state index is 12.8. The van der Waals surface area contributed by atoms with Gasteiger partial charge in [-0.05, 0) is 19.4 Å². The first-order chi connectivity index (χ1) is 8.19. The molecule has 1 atom stereocenters. The smallest absolute Gasteiger partial charge is 0.254 e. The minimum atomic E-state index is -2.38. The fourth-order valence-corrected chi connectivity index (χ4v) is 1.62. The van der Waals surface area contributed by atoms with Crippen molar-refractivity contribution in [2.24, 2.45) is 0 Å². The minimum Gasteiger partial charge on any atom is -0.309 e. The van der Waals surface area contributed by atoms with Crippen molar-refractivity contribution in [1.82, 2.24) is 20.1 Å². The van der Waals surface area contributed by atoms with Crippen LogP contribution in [0.5, 0.6) is 0 Å². The Morgan fingerprint density at radius 3 is 2.71 bits per heavy atom. The number of nitrogens with zero attached hydrogens (tertiary/aromatic N) is 3. The molecule has 1 rings (SSSR count). The summed E-state index contributed by atoms with van der Waals surface area (Å²) in [7, 11) is 0. The first-order valence-electron chi connectivity index (χ1n) is 6.07. The second-order valence-electron chi connectivity index (χ2n) is 4.00. The lowest BCUT2D eigenvalue weighted by atomic mass is 10.2. The van der Waals surface area contributed by atoms with Crippen molar-refractivity contribution in [3.8, 4) is 0 Å². The SMILES string of the molecule is CCCNC(Cc1ncnn1CCC)C(F)F.